The maximum atomic E-state index is 11.6. The van der Waals surface area contributed by atoms with Gasteiger partial charge in [-0.15, -0.1) is 0 Å². The number of hydrogen-bond acceptors (Lipinski definition) is 4. The summed E-state index contributed by atoms with van der Waals surface area (Å²) in [7, 11) is 1.75. The third-order valence-corrected chi connectivity index (χ3v) is 3.17. The van der Waals surface area contributed by atoms with Crippen LogP contribution in [0, 0.1) is 11.3 Å². The zero-order valence-corrected chi connectivity index (χ0v) is 11.1. The van der Waals surface area contributed by atoms with E-state index in [0.717, 1.165) is 30.0 Å². The predicted octanol–water partition coefficient (Wildman–Crippen LogP) is 1.09. The Hall–Kier alpha value is -2.06. The van der Waals surface area contributed by atoms with Gasteiger partial charge >= 0.3 is 0 Å². The van der Waals surface area contributed by atoms with Crippen LogP contribution in [-0.2, 0) is 11.2 Å². The third-order valence-electron chi connectivity index (χ3n) is 3.17. The minimum absolute atomic E-state index is 0.0409. The van der Waals surface area contributed by atoms with E-state index >= 15 is 0 Å². The molecule has 0 saturated heterocycles. The van der Waals surface area contributed by atoms with Crippen molar-refractivity contribution in [1.29, 1.82) is 5.26 Å². The van der Waals surface area contributed by atoms with Gasteiger partial charge in [-0.3, -0.25) is 4.79 Å². The molecular formula is C14H17N3O2. The summed E-state index contributed by atoms with van der Waals surface area (Å²) in [6.45, 7) is 2.66. The summed E-state index contributed by atoms with van der Waals surface area (Å²) < 4.78 is 5.37. The maximum absolute atomic E-state index is 11.6. The summed E-state index contributed by atoms with van der Waals surface area (Å²) in [5.74, 6) is 0.699. The lowest BCUT2D eigenvalue weighted by Gasteiger charge is -2.26. The number of rotatable bonds is 4. The van der Waals surface area contributed by atoms with E-state index in [4.69, 9.17) is 10.00 Å². The van der Waals surface area contributed by atoms with Crippen molar-refractivity contribution in [2.75, 3.05) is 25.1 Å². The predicted molar refractivity (Wildman–Crippen MR) is 72.1 cm³/mol. The van der Waals surface area contributed by atoms with Gasteiger partial charge in [-0.1, -0.05) is 6.07 Å². The number of nitrogens with zero attached hydrogens (tertiary/aromatic N) is 2. The maximum Gasteiger partial charge on any atom is 0.264 e. The molecule has 1 aliphatic heterocycles. The number of amides is 1. The van der Waals surface area contributed by atoms with E-state index in [2.05, 4.69) is 11.4 Å². The number of fused-ring (bicyclic) bond motifs is 1. The van der Waals surface area contributed by atoms with E-state index in [1.165, 1.54) is 0 Å². The summed E-state index contributed by atoms with van der Waals surface area (Å²) in [5.41, 5.74) is 1.92. The van der Waals surface area contributed by atoms with Gasteiger partial charge in [0.1, 0.15) is 5.75 Å². The lowest BCUT2D eigenvalue weighted by atomic mass is 10.1. The fourth-order valence-electron chi connectivity index (χ4n) is 1.95. The molecule has 0 aromatic heterocycles. The van der Waals surface area contributed by atoms with Gasteiger partial charge in [-0.2, -0.15) is 5.26 Å². The van der Waals surface area contributed by atoms with Crippen molar-refractivity contribution in [1.82, 2.24) is 5.32 Å². The molecule has 1 aromatic carbocycles. The quantitative estimate of drug-likeness (QED) is 0.879. The molecule has 1 atom stereocenters. The average molecular weight is 259 g/mol. The molecule has 0 saturated carbocycles. The lowest BCUT2D eigenvalue weighted by molar-refractivity contribution is -0.120. The van der Waals surface area contributed by atoms with E-state index in [1.54, 1.807) is 11.9 Å². The highest BCUT2D eigenvalue weighted by molar-refractivity contribution is 5.97. The Balaban J connectivity index is 2.04. The first-order valence-electron chi connectivity index (χ1n) is 6.27. The Bertz CT molecular complexity index is 522. The minimum Gasteiger partial charge on any atom is -0.482 e. The summed E-state index contributed by atoms with van der Waals surface area (Å²) >= 11 is 0. The van der Waals surface area contributed by atoms with Crippen LogP contribution in [0.1, 0.15) is 12.5 Å². The fourth-order valence-corrected chi connectivity index (χ4v) is 1.95. The molecular weight excluding hydrogens is 242 g/mol. The summed E-state index contributed by atoms with van der Waals surface area (Å²) in [4.78, 5) is 13.2. The number of ether oxygens (including phenoxy) is 1. The highest BCUT2D eigenvalue weighted by Gasteiger charge is 2.22. The van der Waals surface area contributed by atoms with Crippen LogP contribution in [0.15, 0.2) is 18.2 Å². The molecule has 0 fully saturated rings. The van der Waals surface area contributed by atoms with Gasteiger partial charge in [0, 0.05) is 13.6 Å². The van der Waals surface area contributed by atoms with Crippen LogP contribution < -0.4 is 15.0 Å². The fraction of sp³-hybridized carbons (Fsp3) is 0.429. The van der Waals surface area contributed by atoms with Crippen LogP contribution in [0.3, 0.4) is 0 Å². The second-order valence-corrected chi connectivity index (χ2v) is 4.60. The molecule has 1 N–H and O–H groups in total. The SMILES string of the molecule is CC(C#N)NCCc1ccc2c(c1)N(C)C(=O)CO2. The second kappa shape index (κ2) is 5.72. The van der Waals surface area contributed by atoms with Gasteiger partial charge in [-0.05, 0) is 31.0 Å². The molecule has 5 nitrogen and oxygen atoms in total. The highest BCUT2D eigenvalue weighted by Crippen LogP contribution is 2.31. The standard InChI is InChI=1S/C14H17N3O2/c1-10(8-15)16-6-5-11-3-4-13-12(7-11)17(2)14(18)9-19-13/h3-4,7,10,16H,5-6,9H2,1-2H3. The number of likely N-dealkylation sites (N-methyl/N-ethyl adjacent to an activating group) is 1. The average Bonchev–Trinajstić information content (AvgIpc) is 2.43. The van der Waals surface area contributed by atoms with Crippen LogP contribution in [0.4, 0.5) is 5.69 Å². The Morgan fingerprint density at radius 3 is 3.11 bits per heavy atom. The normalized spacial score (nSPS) is 15.4. The molecule has 1 aromatic rings. The number of benzene rings is 1. The Morgan fingerprint density at radius 2 is 2.37 bits per heavy atom. The molecule has 1 amide bonds. The summed E-state index contributed by atoms with van der Waals surface area (Å²) in [5, 5.41) is 11.8. The van der Waals surface area contributed by atoms with E-state index in [-0.39, 0.29) is 18.6 Å². The molecule has 0 aliphatic carbocycles. The molecule has 1 aliphatic rings. The van der Waals surface area contributed by atoms with Crippen molar-refractivity contribution >= 4 is 11.6 Å². The molecule has 2 rings (SSSR count). The van der Waals surface area contributed by atoms with Crippen LogP contribution in [0.2, 0.25) is 0 Å². The van der Waals surface area contributed by atoms with Crippen molar-refractivity contribution < 1.29 is 9.53 Å². The van der Waals surface area contributed by atoms with Crippen molar-refractivity contribution in [3.05, 3.63) is 23.8 Å². The van der Waals surface area contributed by atoms with Gasteiger partial charge in [0.15, 0.2) is 6.61 Å². The van der Waals surface area contributed by atoms with E-state index in [0.29, 0.717) is 0 Å². The Kier molecular flexibility index (Phi) is 4.03. The van der Waals surface area contributed by atoms with Crippen molar-refractivity contribution in [3.8, 4) is 11.8 Å². The zero-order chi connectivity index (χ0) is 13.8. The summed E-state index contributed by atoms with van der Waals surface area (Å²) in [6, 6.07) is 7.82. The van der Waals surface area contributed by atoms with Gasteiger partial charge in [0.25, 0.3) is 5.91 Å². The Morgan fingerprint density at radius 1 is 1.58 bits per heavy atom. The van der Waals surface area contributed by atoms with Gasteiger partial charge in [0.05, 0.1) is 17.8 Å². The zero-order valence-electron chi connectivity index (χ0n) is 11.1. The largest absolute Gasteiger partial charge is 0.482 e. The number of hydrogen-bond donors (Lipinski definition) is 1. The van der Waals surface area contributed by atoms with Crippen molar-refractivity contribution in [2.24, 2.45) is 0 Å². The Labute approximate surface area is 112 Å². The molecule has 100 valence electrons. The molecule has 0 spiro atoms. The lowest BCUT2D eigenvalue weighted by Crippen LogP contribution is -2.35. The minimum atomic E-state index is -0.148. The summed E-state index contributed by atoms with van der Waals surface area (Å²) in [6.07, 6.45) is 0.807. The third kappa shape index (κ3) is 3.04. The van der Waals surface area contributed by atoms with Crippen LogP contribution >= 0.6 is 0 Å². The smallest absolute Gasteiger partial charge is 0.264 e. The number of carbonyl (C=O) groups is 1. The van der Waals surface area contributed by atoms with Crippen molar-refractivity contribution in [3.63, 3.8) is 0 Å². The first kappa shape index (κ1) is 13.4. The van der Waals surface area contributed by atoms with E-state index in [1.807, 2.05) is 25.1 Å². The number of nitriles is 1. The molecule has 19 heavy (non-hydrogen) atoms. The topological polar surface area (TPSA) is 65.4 Å². The number of anilines is 1. The van der Waals surface area contributed by atoms with Crippen molar-refractivity contribution in [2.45, 2.75) is 19.4 Å². The van der Waals surface area contributed by atoms with E-state index < -0.39 is 0 Å². The van der Waals surface area contributed by atoms with Gasteiger partial charge in [0.2, 0.25) is 0 Å². The first-order valence-corrected chi connectivity index (χ1v) is 6.27. The first-order chi connectivity index (χ1) is 9.11. The number of nitrogens with one attached hydrogen (secondary N) is 1. The molecule has 1 heterocycles. The molecule has 1 unspecified atom stereocenters. The monoisotopic (exact) mass is 259 g/mol. The van der Waals surface area contributed by atoms with Crippen LogP contribution in [-0.4, -0.2) is 32.1 Å². The highest BCUT2D eigenvalue weighted by atomic mass is 16.5. The second-order valence-electron chi connectivity index (χ2n) is 4.60. The van der Waals surface area contributed by atoms with Gasteiger partial charge in [-0.25, -0.2) is 0 Å². The van der Waals surface area contributed by atoms with Crippen LogP contribution in [0.5, 0.6) is 5.75 Å². The molecule has 0 radical (unpaired) electrons. The number of carbonyl (C=O) groups excluding carboxylic acids is 1. The van der Waals surface area contributed by atoms with Crippen LogP contribution in [0.25, 0.3) is 0 Å². The van der Waals surface area contributed by atoms with E-state index in [9.17, 15) is 4.79 Å². The molecule has 5 heteroatoms. The van der Waals surface area contributed by atoms with Gasteiger partial charge < -0.3 is 15.0 Å². The molecule has 0 bridgehead atoms.